The molecule has 0 heterocycles. The van der Waals surface area contributed by atoms with Crippen LogP contribution in [0.1, 0.15) is 43.9 Å². The van der Waals surface area contributed by atoms with Gasteiger partial charge in [0.15, 0.2) is 6.61 Å². The average molecular weight is 264 g/mol. The van der Waals surface area contributed by atoms with Crippen molar-refractivity contribution < 1.29 is 9.53 Å². The van der Waals surface area contributed by atoms with E-state index in [2.05, 4.69) is 12.2 Å². The Morgan fingerprint density at radius 3 is 2.84 bits per heavy atom. The SMILES string of the molecule is CCCCNC(=O)COc1cc(C)ccc1[C@@H](C)N. The fourth-order valence-corrected chi connectivity index (χ4v) is 1.74. The van der Waals surface area contributed by atoms with Crippen molar-refractivity contribution in [1.82, 2.24) is 5.32 Å². The van der Waals surface area contributed by atoms with E-state index in [1.165, 1.54) is 0 Å². The number of carbonyl (C=O) groups excluding carboxylic acids is 1. The normalized spacial score (nSPS) is 12.0. The number of rotatable bonds is 7. The lowest BCUT2D eigenvalue weighted by atomic mass is 10.1. The van der Waals surface area contributed by atoms with E-state index < -0.39 is 0 Å². The number of nitrogens with two attached hydrogens (primary N) is 1. The van der Waals surface area contributed by atoms with Crippen LogP contribution in [0.2, 0.25) is 0 Å². The van der Waals surface area contributed by atoms with E-state index in [0.717, 1.165) is 24.0 Å². The zero-order valence-electron chi connectivity index (χ0n) is 12.0. The third-order valence-electron chi connectivity index (χ3n) is 2.87. The van der Waals surface area contributed by atoms with E-state index in [9.17, 15) is 4.79 Å². The molecular weight excluding hydrogens is 240 g/mol. The fourth-order valence-electron chi connectivity index (χ4n) is 1.74. The first-order valence-electron chi connectivity index (χ1n) is 6.80. The molecular formula is C15H24N2O2. The van der Waals surface area contributed by atoms with Crippen LogP contribution in [-0.2, 0) is 4.79 Å². The standard InChI is InChI=1S/C15H24N2O2/c1-4-5-8-17-15(18)10-19-14-9-11(2)6-7-13(14)12(3)16/h6-7,9,12H,4-5,8,10,16H2,1-3H3,(H,17,18)/t12-/m1/s1. The highest BCUT2D eigenvalue weighted by Gasteiger charge is 2.10. The maximum absolute atomic E-state index is 11.6. The highest BCUT2D eigenvalue weighted by atomic mass is 16.5. The number of hydrogen-bond acceptors (Lipinski definition) is 3. The van der Waals surface area contributed by atoms with Crippen LogP contribution in [0.4, 0.5) is 0 Å². The molecule has 4 heteroatoms. The summed E-state index contributed by atoms with van der Waals surface area (Å²) in [6, 6.07) is 5.74. The molecule has 1 aromatic rings. The van der Waals surface area contributed by atoms with Crippen LogP contribution in [0.3, 0.4) is 0 Å². The van der Waals surface area contributed by atoms with Gasteiger partial charge in [-0.2, -0.15) is 0 Å². The molecule has 0 saturated heterocycles. The summed E-state index contributed by atoms with van der Waals surface area (Å²) >= 11 is 0. The summed E-state index contributed by atoms with van der Waals surface area (Å²) in [4.78, 5) is 11.6. The Kier molecular flexibility index (Phi) is 6.36. The van der Waals surface area contributed by atoms with Gasteiger partial charge in [0.05, 0.1) is 0 Å². The number of unbranched alkanes of at least 4 members (excludes halogenated alkanes) is 1. The number of hydrogen-bond donors (Lipinski definition) is 2. The van der Waals surface area contributed by atoms with Crippen LogP contribution < -0.4 is 15.8 Å². The molecule has 0 spiro atoms. The summed E-state index contributed by atoms with van der Waals surface area (Å²) in [5.74, 6) is 0.603. The van der Waals surface area contributed by atoms with Gasteiger partial charge < -0.3 is 15.8 Å². The highest BCUT2D eigenvalue weighted by Crippen LogP contribution is 2.24. The van der Waals surface area contributed by atoms with Gasteiger partial charge >= 0.3 is 0 Å². The van der Waals surface area contributed by atoms with Crippen LogP contribution in [0.5, 0.6) is 5.75 Å². The van der Waals surface area contributed by atoms with Crippen LogP contribution in [0.25, 0.3) is 0 Å². The molecule has 106 valence electrons. The Hall–Kier alpha value is -1.55. The summed E-state index contributed by atoms with van der Waals surface area (Å²) < 4.78 is 5.58. The third kappa shape index (κ3) is 5.30. The fraction of sp³-hybridized carbons (Fsp3) is 0.533. The van der Waals surface area contributed by atoms with Gasteiger partial charge in [-0.3, -0.25) is 4.79 Å². The maximum atomic E-state index is 11.6. The lowest BCUT2D eigenvalue weighted by Crippen LogP contribution is -2.29. The lowest BCUT2D eigenvalue weighted by Gasteiger charge is -2.14. The molecule has 1 rings (SSSR count). The van der Waals surface area contributed by atoms with Crippen LogP contribution in [0, 0.1) is 6.92 Å². The van der Waals surface area contributed by atoms with Gasteiger partial charge in [-0.15, -0.1) is 0 Å². The van der Waals surface area contributed by atoms with E-state index in [4.69, 9.17) is 10.5 Å². The molecule has 1 amide bonds. The molecule has 0 unspecified atom stereocenters. The zero-order valence-corrected chi connectivity index (χ0v) is 12.0. The minimum Gasteiger partial charge on any atom is -0.483 e. The van der Waals surface area contributed by atoms with Crippen molar-refractivity contribution in [2.45, 2.75) is 39.7 Å². The second-order valence-electron chi connectivity index (χ2n) is 4.82. The second-order valence-corrected chi connectivity index (χ2v) is 4.82. The Morgan fingerprint density at radius 2 is 2.21 bits per heavy atom. The van der Waals surface area contributed by atoms with Gasteiger partial charge in [0.1, 0.15) is 5.75 Å². The molecule has 4 nitrogen and oxygen atoms in total. The van der Waals surface area contributed by atoms with Crippen molar-refractivity contribution >= 4 is 5.91 Å². The van der Waals surface area contributed by atoms with E-state index in [1.807, 2.05) is 32.0 Å². The molecule has 0 aromatic heterocycles. The van der Waals surface area contributed by atoms with Crippen LogP contribution >= 0.6 is 0 Å². The summed E-state index contributed by atoms with van der Waals surface area (Å²) in [6.07, 6.45) is 2.05. The Bertz CT molecular complexity index is 417. The second kappa shape index (κ2) is 7.79. The number of nitrogens with one attached hydrogen (secondary N) is 1. The minimum absolute atomic E-state index is 0.0346. The first-order valence-corrected chi connectivity index (χ1v) is 6.80. The molecule has 0 aliphatic heterocycles. The number of aryl methyl sites for hydroxylation is 1. The predicted octanol–water partition coefficient (Wildman–Crippen LogP) is 2.31. The largest absolute Gasteiger partial charge is 0.483 e. The molecule has 0 fully saturated rings. The average Bonchev–Trinajstić information content (AvgIpc) is 2.36. The number of benzene rings is 1. The number of amides is 1. The van der Waals surface area contributed by atoms with Gasteiger partial charge in [0.2, 0.25) is 0 Å². The van der Waals surface area contributed by atoms with Gasteiger partial charge in [-0.25, -0.2) is 0 Å². The summed E-state index contributed by atoms with van der Waals surface area (Å²) in [7, 11) is 0. The van der Waals surface area contributed by atoms with Crippen LogP contribution in [-0.4, -0.2) is 19.1 Å². The van der Waals surface area contributed by atoms with Gasteiger partial charge in [-0.1, -0.05) is 25.5 Å². The van der Waals surface area contributed by atoms with Crippen molar-refractivity contribution in [1.29, 1.82) is 0 Å². The van der Waals surface area contributed by atoms with Gasteiger partial charge in [0.25, 0.3) is 5.91 Å². The van der Waals surface area contributed by atoms with Crippen molar-refractivity contribution in [3.63, 3.8) is 0 Å². The van der Waals surface area contributed by atoms with Crippen molar-refractivity contribution in [2.75, 3.05) is 13.2 Å². The Labute approximate surface area is 115 Å². The van der Waals surface area contributed by atoms with E-state index in [-0.39, 0.29) is 18.6 Å². The molecule has 1 atom stereocenters. The molecule has 0 bridgehead atoms. The molecule has 0 aliphatic carbocycles. The Balaban J connectivity index is 2.56. The van der Waals surface area contributed by atoms with Crippen LogP contribution in [0.15, 0.2) is 18.2 Å². The third-order valence-corrected chi connectivity index (χ3v) is 2.87. The number of ether oxygens (including phenoxy) is 1. The summed E-state index contributed by atoms with van der Waals surface area (Å²) in [5.41, 5.74) is 7.90. The quantitative estimate of drug-likeness (QED) is 0.743. The monoisotopic (exact) mass is 264 g/mol. The first-order chi connectivity index (χ1) is 9.04. The Morgan fingerprint density at radius 1 is 1.47 bits per heavy atom. The minimum atomic E-state index is -0.112. The van der Waals surface area contributed by atoms with Gasteiger partial charge in [0, 0.05) is 18.2 Å². The molecule has 3 N–H and O–H groups in total. The predicted molar refractivity (Wildman–Crippen MR) is 77.2 cm³/mol. The topological polar surface area (TPSA) is 64.3 Å². The maximum Gasteiger partial charge on any atom is 0.257 e. The highest BCUT2D eigenvalue weighted by molar-refractivity contribution is 5.77. The van der Waals surface area contributed by atoms with Crippen molar-refractivity contribution in [3.8, 4) is 5.75 Å². The smallest absolute Gasteiger partial charge is 0.257 e. The van der Waals surface area contributed by atoms with Crippen molar-refractivity contribution in [3.05, 3.63) is 29.3 Å². The summed E-state index contributed by atoms with van der Waals surface area (Å²) in [6.45, 7) is 6.71. The summed E-state index contributed by atoms with van der Waals surface area (Å²) in [5, 5.41) is 2.82. The zero-order chi connectivity index (χ0) is 14.3. The molecule has 1 aromatic carbocycles. The van der Waals surface area contributed by atoms with E-state index >= 15 is 0 Å². The molecule has 0 radical (unpaired) electrons. The molecule has 0 aliphatic rings. The number of carbonyl (C=O) groups is 1. The molecule has 19 heavy (non-hydrogen) atoms. The van der Waals surface area contributed by atoms with E-state index in [0.29, 0.717) is 12.3 Å². The van der Waals surface area contributed by atoms with E-state index in [1.54, 1.807) is 0 Å². The van der Waals surface area contributed by atoms with Gasteiger partial charge in [-0.05, 0) is 31.9 Å². The lowest BCUT2D eigenvalue weighted by molar-refractivity contribution is -0.123. The first kappa shape index (κ1) is 15.5. The molecule has 0 saturated carbocycles. The van der Waals surface area contributed by atoms with Crippen molar-refractivity contribution in [2.24, 2.45) is 5.73 Å².